The average molecular weight is 234 g/mol. The number of morpholine rings is 1. The number of thiocarbonyl (C=S) groups is 1. The van der Waals surface area contributed by atoms with Gasteiger partial charge in [-0.05, 0) is 30.8 Å². The minimum absolute atomic E-state index is 0.773. The fraction of sp³-hybridized carbons (Fsp3) is 0.417. The van der Waals surface area contributed by atoms with Crippen LogP contribution in [0.3, 0.4) is 0 Å². The summed E-state index contributed by atoms with van der Waals surface area (Å²) in [7, 11) is 0. The van der Waals surface area contributed by atoms with Gasteiger partial charge in [-0.15, -0.1) is 0 Å². The Morgan fingerprint density at radius 2 is 2.12 bits per heavy atom. The number of para-hydroxylation sites is 1. The van der Waals surface area contributed by atoms with Gasteiger partial charge >= 0.3 is 0 Å². The van der Waals surface area contributed by atoms with Crippen molar-refractivity contribution in [2.24, 2.45) is 4.99 Å². The number of ether oxygens (including phenoxy) is 1. The van der Waals surface area contributed by atoms with Crippen molar-refractivity contribution in [2.45, 2.75) is 6.92 Å². The maximum atomic E-state index is 5.35. The summed E-state index contributed by atoms with van der Waals surface area (Å²) in [6.07, 6.45) is 0. The summed E-state index contributed by atoms with van der Waals surface area (Å²) in [6, 6.07) is 6.05. The summed E-state index contributed by atoms with van der Waals surface area (Å²) in [5.41, 5.74) is 3.27. The van der Waals surface area contributed by atoms with Gasteiger partial charge in [-0.1, -0.05) is 12.1 Å². The number of hydrogen-bond acceptors (Lipinski definition) is 4. The number of aryl methyl sites for hydroxylation is 1. The summed E-state index contributed by atoms with van der Waals surface area (Å²) >= 11 is 4.68. The molecule has 0 bridgehead atoms. The van der Waals surface area contributed by atoms with Crippen molar-refractivity contribution < 1.29 is 4.74 Å². The second-order valence-corrected chi connectivity index (χ2v) is 3.93. The first-order valence-electron chi connectivity index (χ1n) is 5.33. The first kappa shape index (κ1) is 11.3. The third kappa shape index (κ3) is 2.30. The zero-order valence-electron chi connectivity index (χ0n) is 9.27. The van der Waals surface area contributed by atoms with E-state index in [1.165, 1.54) is 5.56 Å². The second kappa shape index (κ2) is 5.21. The molecule has 0 N–H and O–H groups in total. The minimum Gasteiger partial charge on any atom is -0.378 e. The van der Waals surface area contributed by atoms with E-state index in [4.69, 9.17) is 4.74 Å². The van der Waals surface area contributed by atoms with Crippen molar-refractivity contribution in [3.8, 4) is 0 Å². The van der Waals surface area contributed by atoms with Gasteiger partial charge in [-0.2, -0.15) is 4.99 Å². The summed E-state index contributed by atoms with van der Waals surface area (Å²) in [4.78, 5) is 6.42. The molecule has 0 aliphatic carbocycles. The van der Waals surface area contributed by atoms with E-state index in [1.54, 1.807) is 0 Å². The van der Waals surface area contributed by atoms with Crippen molar-refractivity contribution in [1.29, 1.82) is 0 Å². The Morgan fingerprint density at radius 3 is 2.81 bits per heavy atom. The van der Waals surface area contributed by atoms with Crippen LogP contribution in [0, 0.1) is 6.92 Å². The normalized spacial score (nSPS) is 15.7. The second-order valence-electron chi connectivity index (χ2n) is 3.75. The molecule has 1 aromatic carbocycles. The molecule has 0 amide bonds. The Balaban J connectivity index is 2.39. The lowest BCUT2D eigenvalue weighted by molar-refractivity contribution is 0.122. The molecule has 1 aromatic rings. The highest BCUT2D eigenvalue weighted by molar-refractivity contribution is 7.78. The van der Waals surface area contributed by atoms with E-state index in [0.29, 0.717) is 0 Å². The Morgan fingerprint density at radius 1 is 1.38 bits per heavy atom. The Labute approximate surface area is 101 Å². The summed E-state index contributed by atoms with van der Waals surface area (Å²) in [5.74, 6) is 0. The number of hydrogen-bond donors (Lipinski definition) is 0. The molecule has 1 saturated heterocycles. The molecule has 3 nitrogen and oxygen atoms in total. The third-order valence-electron chi connectivity index (χ3n) is 2.71. The van der Waals surface area contributed by atoms with E-state index >= 15 is 0 Å². The maximum absolute atomic E-state index is 5.35. The lowest BCUT2D eigenvalue weighted by Crippen LogP contribution is -2.36. The van der Waals surface area contributed by atoms with Gasteiger partial charge in [-0.3, -0.25) is 0 Å². The highest BCUT2D eigenvalue weighted by Gasteiger charge is 2.16. The maximum Gasteiger partial charge on any atom is 0.0975 e. The van der Waals surface area contributed by atoms with Crippen LogP contribution in [-0.4, -0.2) is 31.5 Å². The predicted octanol–water partition coefficient (Wildman–Crippen LogP) is 2.57. The number of aliphatic imine (C=N–C) groups is 1. The van der Waals surface area contributed by atoms with Crippen LogP contribution in [0.1, 0.15) is 5.56 Å². The monoisotopic (exact) mass is 234 g/mol. The lowest BCUT2D eigenvalue weighted by Gasteiger charge is -2.30. The van der Waals surface area contributed by atoms with Gasteiger partial charge < -0.3 is 9.64 Å². The third-order valence-corrected chi connectivity index (χ3v) is 2.80. The molecule has 4 heteroatoms. The van der Waals surface area contributed by atoms with E-state index < -0.39 is 0 Å². The molecular formula is C12H14N2OS. The molecule has 1 heterocycles. The van der Waals surface area contributed by atoms with Gasteiger partial charge in [0, 0.05) is 13.1 Å². The zero-order valence-corrected chi connectivity index (χ0v) is 10.1. The first-order chi connectivity index (χ1) is 7.83. The van der Waals surface area contributed by atoms with Gasteiger partial charge in [0.15, 0.2) is 0 Å². The molecule has 0 aromatic heterocycles. The standard InChI is InChI=1S/C12H14N2OS/c1-10-3-2-4-11(13-9-16)12(10)14-5-7-15-8-6-14/h2-4H,5-8H2,1H3. The Bertz CT molecular complexity index is 421. The SMILES string of the molecule is Cc1cccc(N=C=S)c1N1CCOCC1. The predicted molar refractivity (Wildman–Crippen MR) is 68.9 cm³/mol. The van der Waals surface area contributed by atoms with Crippen LogP contribution >= 0.6 is 12.2 Å². The lowest BCUT2D eigenvalue weighted by atomic mass is 10.1. The van der Waals surface area contributed by atoms with Gasteiger partial charge in [0.1, 0.15) is 0 Å². The number of anilines is 1. The zero-order chi connectivity index (χ0) is 11.4. The van der Waals surface area contributed by atoms with Gasteiger partial charge in [0.05, 0.1) is 29.7 Å². The molecule has 1 aliphatic rings. The first-order valence-corrected chi connectivity index (χ1v) is 5.74. The van der Waals surface area contributed by atoms with E-state index in [2.05, 4.69) is 40.3 Å². The molecule has 1 fully saturated rings. The van der Waals surface area contributed by atoms with Crippen LogP contribution in [0.2, 0.25) is 0 Å². The van der Waals surface area contributed by atoms with Crippen molar-refractivity contribution >= 4 is 28.8 Å². The fourth-order valence-corrected chi connectivity index (χ4v) is 2.08. The van der Waals surface area contributed by atoms with E-state index in [-0.39, 0.29) is 0 Å². The quantitative estimate of drug-likeness (QED) is 0.581. The van der Waals surface area contributed by atoms with Crippen LogP contribution in [0.4, 0.5) is 11.4 Å². The van der Waals surface area contributed by atoms with Gasteiger partial charge in [0.2, 0.25) is 0 Å². The highest BCUT2D eigenvalue weighted by Crippen LogP contribution is 2.32. The number of benzene rings is 1. The van der Waals surface area contributed by atoms with Crippen LogP contribution < -0.4 is 4.90 Å². The molecule has 0 atom stereocenters. The average Bonchev–Trinajstić information content (AvgIpc) is 2.31. The summed E-state index contributed by atoms with van der Waals surface area (Å²) < 4.78 is 5.35. The Hall–Kier alpha value is -1.22. The molecular weight excluding hydrogens is 220 g/mol. The van der Waals surface area contributed by atoms with Crippen LogP contribution in [0.5, 0.6) is 0 Å². The molecule has 84 valence electrons. The van der Waals surface area contributed by atoms with Crippen LogP contribution in [0.25, 0.3) is 0 Å². The topological polar surface area (TPSA) is 24.8 Å². The summed E-state index contributed by atoms with van der Waals surface area (Å²) in [6.45, 7) is 5.45. The molecule has 0 unspecified atom stereocenters. The van der Waals surface area contributed by atoms with Crippen LogP contribution in [-0.2, 0) is 4.74 Å². The van der Waals surface area contributed by atoms with Crippen molar-refractivity contribution in [3.05, 3.63) is 23.8 Å². The number of isothiocyanates is 1. The smallest absolute Gasteiger partial charge is 0.0975 e. The number of rotatable bonds is 2. The van der Waals surface area contributed by atoms with Crippen molar-refractivity contribution in [1.82, 2.24) is 0 Å². The number of nitrogens with zero attached hydrogens (tertiary/aromatic N) is 2. The highest BCUT2D eigenvalue weighted by atomic mass is 32.1. The van der Waals surface area contributed by atoms with Crippen molar-refractivity contribution in [2.75, 3.05) is 31.2 Å². The van der Waals surface area contributed by atoms with Crippen molar-refractivity contribution in [3.63, 3.8) is 0 Å². The fourth-order valence-electron chi connectivity index (χ4n) is 1.98. The van der Waals surface area contributed by atoms with E-state index in [0.717, 1.165) is 37.7 Å². The largest absolute Gasteiger partial charge is 0.378 e. The van der Waals surface area contributed by atoms with E-state index in [9.17, 15) is 0 Å². The van der Waals surface area contributed by atoms with E-state index in [1.807, 2.05) is 12.1 Å². The summed E-state index contributed by atoms with van der Waals surface area (Å²) in [5, 5.41) is 2.44. The molecule has 0 saturated carbocycles. The minimum atomic E-state index is 0.773. The van der Waals surface area contributed by atoms with Gasteiger partial charge in [0.25, 0.3) is 0 Å². The van der Waals surface area contributed by atoms with Gasteiger partial charge in [-0.25, -0.2) is 0 Å². The van der Waals surface area contributed by atoms with Crippen LogP contribution in [0.15, 0.2) is 23.2 Å². The molecule has 2 rings (SSSR count). The molecule has 1 aliphatic heterocycles. The molecule has 0 radical (unpaired) electrons. The Kier molecular flexibility index (Phi) is 3.67. The molecule has 16 heavy (non-hydrogen) atoms. The molecule has 0 spiro atoms.